The van der Waals surface area contributed by atoms with Gasteiger partial charge in [-0.3, -0.25) is 4.79 Å². The first-order valence-electron chi connectivity index (χ1n) is 5.89. The Kier molecular flexibility index (Phi) is 4.82. The van der Waals surface area contributed by atoms with Gasteiger partial charge in [0.15, 0.2) is 0 Å². The number of nitrogens with zero attached hydrogens (tertiary/aromatic N) is 1. The quantitative estimate of drug-likeness (QED) is 0.833. The van der Waals surface area contributed by atoms with Crippen molar-refractivity contribution in [1.82, 2.24) is 15.3 Å². The third-order valence-corrected chi connectivity index (χ3v) is 3.45. The molecule has 0 aliphatic rings. The summed E-state index contributed by atoms with van der Waals surface area (Å²) in [7, 11) is 0. The normalized spacial score (nSPS) is 10.4. The Labute approximate surface area is 121 Å². The largest absolute Gasteiger partial charge is 0.352 e. The van der Waals surface area contributed by atoms with Gasteiger partial charge >= 0.3 is 0 Å². The Balaban J connectivity index is 1.83. The molecule has 0 aliphatic heterocycles. The molecule has 1 heterocycles. The number of carbonyl (C=O) groups excluding carboxylic acids is 1. The van der Waals surface area contributed by atoms with Crippen molar-refractivity contribution in [2.45, 2.75) is 12.8 Å². The maximum Gasteiger partial charge on any atom is 0.252 e. The van der Waals surface area contributed by atoms with E-state index >= 15 is 0 Å². The third kappa shape index (κ3) is 3.72. The summed E-state index contributed by atoms with van der Waals surface area (Å²) < 4.78 is 0. The Bertz CT molecular complexity index is 555. The van der Waals surface area contributed by atoms with Crippen molar-refractivity contribution in [3.63, 3.8) is 0 Å². The second kappa shape index (κ2) is 6.59. The molecule has 4 nitrogen and oxygen atoms in total. The third-order valence-electron chi connectivity index (χ3n) is 2.63. The Morgan fingerprint density at radius 3 is 2.95 bits per heavy atom. The van der Waals surface area contributed by atoms with Gasteiger partial charge in [0.1, 0.15) is 5.82 Å². The smallest absolute Gasteiger partial charge is 0.252 e. The molecule has 0 aliphatic carbocycles. The van der Waals surface area contributed by atoms with E-state index in [1.54, 1.807) is 30.6 Å². The van der Waals surface area contributed by atoms with Gasteiger partial charge in [-0.2, -0.15) is 0 Å². The zero-order valence-corrected chi connectivity index (χ0v) is 11.6. The van der Waals surface area contributed by atoms with E-state index in [-0.39, 0.29) is 10.9 Å². The van der Waals surface area contributed by atoms with Crippen LogP contribution in [0.3, 0.4) is 0 Å². The predicted molar refractivity (Wildman–Crippen MR) is 75.7 cm³/mol. The van der Waals surface area contributed by atoms with Gasteiger partial charge in [-0.25, -0.2) is 4.98 Å². The highest BCUT2D eigenvalue weighted by Gasteiger charge is 2.11. The summed E-state index contributed by atoms with van der Waals surface area (Å²) in [5, 5.41) is 3.47. The van der Waals surface area contributed by atoms with Gasteiger partial charge in [0.05, 0.1) is 15.6 Å². The number of halogens is 2. The first kappa shape index (κ1) is 13.9. The minimum atomic E-state index is -0.216. The zero-order chi connectivity index (χ0) is 13.7. The molecule has 2 rings (SSSR count). The standard InChI is InChI=1S/C13H13Cl2N3O/c14-10-4-1-3-9(12(10)15)13(19)18-6-2-5-11-16-7-8-17-11/h1,3-4,7-8H,2,5-6H2,(H,16,17)(H,18,19). The van der Waals surface area contributed by atoms with Crippen LogP contribution in [0.2, 0.25) is 10.0 Å². The minimum absolute atomic E-state index is 0.216. The molecule has 0 saturated heterocycles. The van der Waals surface area contributed by atoms with Gasteiger partial charge in [0, 0.05) is 25.4 Å². The van der Waals surface area contributed by atoms with Crippen LogP contribution < -0.4 is 5.32 Å². The summed E-state index contributed by atoms with van der Waals surface area (Å²) in [6, 6.07) is 5.00. The molecule has 0 bridgehead atoms. The molecule has 1 aromatic carbocycles. The summed E-state index contributed by atoms with van der Waals surface area (Å²) in [6.07, 6.45) is 5.08. The lowest BCUT2D eigenvalue weighted by Gasteiger charge is -2.07. The van der Waals surface area contributed by atoms with E-state index in [2.05, 4.69) is 15.3 Å². The topological polar surface area (TPSA) is 57.8 Å². The van der Waals surface area contributed by atoms with Gasteiger partial charge in [-0.15, -0.1) is 0 Å². The van der Waals surface area contributed by atoms with E-state index in [1.165, 1.54) is 0 Å². The SMILES string of the molecule is O=C(NCCCc1ncc[nH]1)c1cccc(Cl)c1Cl. The van der Waals surface area contributed by atoms with Crippen molar-refractivity contribution in [3.8, 4) is 0 Å². The molecule has 2 N–H and O–H groups in total. The molecule has 0 fully saturated rings. The van der Waals surface area contributed by atoms with Gasteiger partial charge < -0.3 is 10.3 Å². The molecule has 1 aromatic heterocycles. The summed E-state index contributed by atoms with van der Waals surface area (Å²) >= 11 is 11.8. The van der Waals surface area contributed by atoms with Crippen LogP contribution in [-0.4, -0.2) is 22.4 Å². The Hall–Kier alpha value is -1.52. The number of hydrogen-bond acceptors (Lipinski definition) is 2. The van der Waals surface area contributed by atoms with Crippen LogP contribution in [0.25, 0.3) is 0 Å². The number of benzene rings is 1. The highest BCUT2D eigenvalue weighted by atomic mass is 35.5. The van der Waals surface area contributed by atoms with Crippen molar-refractivity contribution in [2.75, 3.05) is 6.54 Å². The fourth-order valence-electron chi connectivity index (χ4n) is 1.67. The van der Waals surface area contributed by atoms with Crippen molar-refractivity contribution in [2.24, 2.45) is 0 Å². The molecule has 0 unspecified atom stereocenters. The first-order chi connectivity index (χ1) is 9.18. The van der Waals surface area contributed by atoms with Crippen LogP contribution >= 0.6 is 23.2 Å². The average Bonchev–Trinajstić information content (AvgIpc) is 2.91. The van der Waals surface area contributed by atoms with Crippen LogP contribution in [0.1, 0.15) is 22.6 Å². The molecule has 0 saturated carbocycles. The second-order valence-corrected chi connectivity index (χ2v) is 4.78. The Morgan fingerprint density at radius 2 is 2.21 bits per heavy atom. The maximum absolute atomic E-state index is 11.9. The molecular weight excluding hydrogens is 285 g/mol. The van der Waals surface area contributed by atoms with Gasteiger partial charge in [0.25, 0.3) is 5.91 Å². The number of carbonyl (C=O) groups is 1. The number of aromatic amines is 1. The maximum atomic E-state index is 11.9. The van der Waals surface area contributed by atoms with Crippen LogP contribution in [0.15, 0.2) is 30.6 Å². The highest BCUT2D eigenvalue weighted by Crippen LogP contribution is 2.25. The van der Waals surface area contributed by atoms with E-state index in [0.29, 0.717) is 17.1 Å². The number of aryl methyl sites for hydroxylation is 1. The lowest BCUT2D eigenvalue weighted by Crippen LogP contribution is -2.25. The monoisotopic (exact) mass is 297 g/mol. The average molecular weight is 298 g/mol. The van der Waals surface area contributed by atoms with E-state index in [1.807, 2.05) is 0 Å². The number of H-pyrrole nitrogens is 1. The molecule has 0 radical (unpaired) electrons. The molecule has 19 heavy (non-hydrogen) atoms. The van der Waals surface area contributed by atoms with E-state index in [0.717, 1.165) is 18.7 Å². The predicted octanol–water partition coefficient (Wildman–Crippen LogP) is 3.08. The number of aromatic nitrogens is 2. The molecule has 100 valence electrons. The van der Waals surface area contributed by atoms with Crippen molar-refractivity contribution in [1.29, 1.82) is 0 Å². The molecular formula is C13H13Cl2N3O. The van der Waals surface area contributed by atoms with Crippen LogP contribution in [0.4, 0.5) is 0 Å². The zero-order valence-electron chi connectivity index (χ0n) is 10.1. The molecule has 6 heteroatoms. The van der Waals surface area contributed by atoms with Crippen LogP contribution in [-0.2, 0) is 6.42 Å². The summed E-state index contributed by atoms with van der Waals surface area (Å²) in [5.74, 6) is 0.696. The van der Waals surface area contributed by atoms with E-state index < -0.39 is 0 Å². The summed E-state index contributed by atoms with van der Waals surface area (Å²) in [6.45, 7) is 0.558. The fraction of sp³-hybridized carbons (Fsp3) is 0.231. The molecule has 1 amide bonds. The van der Waals surface area contributed by atoms with Crippen molar-refractivity contribution >= 4 is 29.1 Å². The van der Waals surface area contributed by atoms with Crippen LogP contribution in [0.5, 0.6) is 0 Å². The number of amides is 1. The fourth-order valence-corrected chi connectivity index (χ4v) is 2.05. The van der Waals surface area contributed by atoms with Gasteiger partial charge in [0.2, 0.25) is 0 Å². The summed E-state index contributed by atoms with van der Waals surface area (Å²) in [5.41, 5.74) is 0.396. The van der Waals surface area contributed by atoms with Crippen molar-refractivity contribution in [3.05, 3.63) is 52.0 Å². The van der Waals surface area contributed by atoms with Gasteiger partial charge in [-0.1, -0.05) is 29.3 Å². The Morgan fingerprint density at radius 1 is 1.37 bits per heavy atom. The molecule has 0 spiro atoms. The highest BCUT2D eigenvalue weighted by molar-refractivity contribution is 6.43. The first-order valence-corrected chi connectivity index (χ1v) is 6.64. The molecule has 0 atom stereocenters. The van der Waals surface area contributed by atoms with E-state index in [4.69, 9.17) is 23.2 Å². The second-order valence-electron chi connectivity index (χ2n) is 4.00. The number of rotatable bonds is 5. The minimum Gasteiger partial charge on any atom is -0.352 e. The lowest BCUT2D eigenvalue weighted by molar-refractivity contribution is 0.0953. The van der Waals surface area contributed by atoms with Gasteiger partial charge in [-0.05, 0) is 18.6 Å². The van der Waals surface area contributed by atoms with Crippen molar-refractivity contribution < 1.29 is 4.79 Å². The number of hydrogen-bond donors (Lipinski definition) is 2. The van der Waals surface area contributed by atoms with Crippen LogP contribution in [0, 0.1) is 0 Å². The van der Waals surface area contributed by atoms with E-state index in [9.17, 15) is 4.79 Å². The number of nitrogens with one attached hydrogen (secondary N) is 2. The molecule has 2 aromatic rings. The lowest BCUT2D eigenvalue weighted by atomic mass is 10.2. The summed E-state index contributed by atoms with van der Waals surface area (Å²) in [4.78, 5) is 19.0. The number of imidazole rings is 1.